The highest BCUT2D eigenvalue weighted by Gasteiger charge is 2.31. The van der Waals surface area contributed by atoms with Crippen LogP contribution in [0.5, 0.6) is 0 Å². The van der Waals surface area contributed by atoms with Gasteiger partial charge in [-0.2, -0.15) is 13.2 Å². The number of thiophene rings is 1. The molecule has 11 heteroatoms. The van der Waals surface area contributed by atoms with Crippen molar-refractivity contribution >= 4 is 33.0 Å². The van der Waals surface area contributed by atoms with Crippen molar-refractivity contribution in [3.05, 3.63) is 47.3 Å². The van der Waals surface area contributed by atoms with Crippen LogP contribution in [-0.4, -0.2) is 44.4 Å². The summed E-state index contributed by atoms with van der Waals surface area (Å²) in [7, 11) is -3.53. The summed E-state index contributed by atoms with van der Waals surface area (Å²) in [5.74, 6) is -0.327. The molecule has 0 saturated carbocycles. The Morgan fingerprint density at radius 1 is 1.17 bits per heavy atom. The number of piperidine rings is 1. The zero-order chi connectivity index (χ0) is 21.9. The van der Waals surface area contributed by atoms with Crippen LogP contribution in [0.2, 0.25) is 0 Å². The van der Waals surface area contributed by atoms with Crippen molar-refractivity contribution in [2.45, 2.75) is 42.2 Å². The van der Waals surface area contributed by atoms with Gasteiger partial charge in [0.05, 0.1) is 11.6 Å². The molecule has 1 saturated heterocycles. The third-order valence-electron chi connectivity index (χ3n) is 5.02. The third-order valence-corrected chi connectivity index (χ3v) is 7.94. The zero-order valence-electron chi connectivity index (χ0n) is 16.1. The summed E-state index contributed by atoms with van der Waals surface area (Å²) < 4.78 is 65.5. The standard InChI is InChI=1S/C19H22F3N3O3S2/c1-13(18(26)23-15-6-4-14(5-7-15)19(20,21)22)25-10-8-16(9-11-25)24-30(27,28)17-3-2-12-29-17/h2-7,12-13,16,24H,8-11H2,1H3,(H,23,26). The van der Waals surface area contributed by atoms with Crippen molar-refractivity contribution < 1.29 is 26.4 Å². The van der Waals surface area contributed by atoms with Crippen molar-refractivity contribution in [3.8, 4) is 0 Å². The van der Waals surface area contributed by atoms with Gasteiger partial charge in [-0.1, -0.05) is 6.07 Å². The maximum atomic E-state index is 12.6. The van der Waals surface area contributed by atoms with E-state index in [1.165, 1.54) is 12.1 Å². The van der Waals surface area contributed by atoms with Gasteiger partial charge in [-0.25, -0.2) is 13.1 Å². The molecule has 0 bridgehead atoms. The van der Waals surface area contributed by atoms with Crippen molar-refractivity contribution in [2.24, 2.45) is 0 Å². The summed E-state index contributed by atoms with van der Waals surface area (Å²) in [4.78, 5) is 14.4. The molecule has 1 aromatic heterocycles. The quantitative estimate of drug-likeness (QED) is 0.690. The van der Waals surface area contributed by atoms with Gasteiger partial charge in [-0.05, 0) is 55.5 Å². The fourth-order valence-corrected chi connectivity index (χ4v) is 5.57. The van der Waals surface area contributed by atoms with Gasteiger partial charge in [-0.3, -0.25) is 9.69 Å². The second kappa shape index (κ2) is 9.04. The van der Waals surface area contributed by atoms with Crippen molar-refractivity contribution in [1.82, 2.24) is 9.62 Å². The monoisotopic (exact) mass is 461 g/mol. The number of anilines is 1. The van der Waals surface area contributed by atoms with Gasteiger partial charge < -0.3 is 5.32 Å². The lowest BCUT2D eigenvalue weighted by atomic mass is 10.0. The van der Waals surface area contributed by atoms with Crippen LogP contribution in [0.1, 0.15) is 25.3 Å². The lowest BCUT2D eigenvalue weighted by Crippen LogP contribution is -2.50. The van der Waals surface area contributed by atoms with E-state index >= 15 is 0 Å². The Balaban J connectivity index is 1.51. The Bertz CT molecular complexity index is 953. The number of likely N-dealkylation sites (tertiary alicyclic amines) is 1. The molecule has 0 radical (unpaired) electrons. The number of nitrogens with zero attached hydrogens (tertiary/aromatic N) is 1. The van der Waals surface area contributed by atoms with E-state index in [0.717, 1.165) is 23.5 Å². The fraction of sp³-hybridized carbons (Fsp3) is 0.421. The first kappa shape index (κ1) is 22.7. The first-order chi connectivity index (χ1) is 14.1. The number of nitrogens with one attached hydrogen (secondary N) is 2. The van der Waals surface area contributed by atoms with E-state index in [9.17, 15) is 26.4 Å². The molecule has 2 heterocycles. The zero-order valence-corrected chi connectivity index (χ0v) is 17.8. The first-order valence-corrected chi connectivity index (χ1v) is 11.7. The van der Waals surface area contributed by atoms with Gasteiger partial charge in [-0.15, -0.1) is 11.3 Å². The number of carbonyl (C=O) groups excluding carboxylic acids is 1. The van der Waals surface area contributed by atoms with E-state index in [4.69, 9.17) is 0 Å². The SMILES string of the molecule is CC(C(=O)Nc1ccc(C(F)(F)F)cc1)N1CCC(NS(=O)(=O)c2cccs2)CC1. The smallest absolute Gasteiger partial charge is 0.325 e. The first-order valence-electron chi connectivity index (χ1n) is 9.34. The van der Waals surface area contributed by atoms with Crippen molar-refractivity contribution in [3.63, 3.8) is 0 Å². The number of benzene rings is 1. The predicted molar refractivity (Wildman–Crippen MR) is 109 cm³/mol. The molecular weight excluding hydrogens is 439 g/mol. The number of carbonyl (C=O) groups is 1. The Morgan fingerprint density at radius 2 is 1.80 bits per heavy atom. The van der Waals surface area contributed by atoms with Gasteiger partial charge in [0.2, 0.25) is 15.9 Å². The molecular formula is C19H22F3N3O3S2. The van der Waals surface area contributed by atoms with Gasteiger partial charge in [0.15, 0.2) is 0 Å². The summed E-state index contributed by atoms with van der Waals surface area (Å²) in [5, 5.41) is 4.33. The summed E-state index contributed by atoms with van der Waals surface area (Å²) in [6.07, 6.45) is -3.31. The van der Waals surface area contributed by atoms with Gasteiger partial charge in [0, 0.05) is 24.8 Å². The molecule has 3 rings (SSSR count). The molecule has 2 aromatic rings. The Kier molecular flexibility index (Phi) is 6.85. The molecule has 30 heavy (non-hydrogen) atoms. The molecule has 0 aliphatic carbocycles. The number of halogens is 3. The van der Waals surface area contributed by atoms with E-state index in [0.29, 0.717) is 31.6 Å². The number of amides is 1. The Hall–Kier alpha value is -1.95. The number of rotatable bonds is 6. The second-order valence-electron chi connectivity index (χ2n) is 7.10. The number of hydrogen-bond acceptors (Lipinski definition) is 5. The lowest BCUT2D eigenvalue weighted by molar-refractivity contribution is -0.137. The molecule has 1 amide bonds. The number of alkyl halides is 3. The molecule has 1 unspecified atom stereocenters. The molecule has 164 valence electrons. The third kappa shape index (κ3) is 5.60. The molecule has 2 N–H and O–H groups in total. The average molecular weight is 462 g/mol. The number of sulfonamides is 1. The molecule has 1 aromatic carbocycles. The van der Waals surface area contributed by atoms with E-state index in [-0.39, 0.29) is 16.2 Å². The summed E-state index contributed by atoms with van der Waals surface area (Å²) >= 11 is 1.15. The maximum Gasteiger partial charge on any atom is 0.416 e. The van der Waals surface area contributed by atoms with Crippen LogP contribution in [0.15, 0.2) is 46.0 Å². The van der Waals surface area contributed by atoms with Gasteiger partial charge in [0.25, 0.3) is 0 Å². The molecule has 1 atom stereocenters. The second-order valence-corrected chi connectivity index (χ2v) is 9.99. The van der Waals surface area contributed by atoms with Gasteiger partial charge in [0.1, 0.15) is 4.21 Å². The summed E-state index contributed by atoms with van der Waals surface area (Å²) in [6.45, 7) is 2.77. The fourth-order valence-electron chi connectivity index (χ4n) is 3.25. The minimum atomic E-state index is -4.43. The highest BCUT2D eigenvalue weighted by molar-refractivity contribution is 7.91. The molecule has 1 aliphatic rings. The van der Waals surface area contributed by atoms with E-state index < -0.39 is 27.8 Å². The Labute approximate surface area is 177 Å². The largest absolute Gasteiger partial charge is 0.416 e. The summed E-state index contributed by atoms with van der Waals surface area (Å²) in [6, 6.07) is 6.81. The van der Waals surface area contributed by atoms with Crippen LogP contribution in [0.3, 0.4) is 0 Å². The van der Waals surface area contributed by atoms with Crippen molar-refractivity contribution in [2.75, 3.05) is 18.4 Å². The van der Waals surface area contributed by atoms with Gasteiger partial charge >= 0.3 is 6.18 Å². The van der Waals surface area contributed by atoms with Crippen LogP contribution in [0.4, 0.5) is 18.9 Å². The van der Waals surface area contributed by atoms with E-state index in [1.54, 1.807) is 24.4 Å². The van der Waals surface area contributed by atoms with Crippen LogP contribution in [0.25, 0.3) is 0 Å². The number of hydrogen-bond donors (Lipinski definition) is 2. The highest BCUT2D eigenvalue weighted by atomic mass is 32.2. The van der Waals surface area contributed by atoms with Crippen molar-refractivity contribution in [1.29, 1.82) is 0 Å². The minimum Gasteiger partial charge on any atom is -0.325 e. The normalized spacial score (nSPS) is 17.6. The molecule has 1 aliphatic heterocycles. The Morgan fingerprint density at radius 3 is 2.33 bits per heavy atom. The highest BCUT2D eigenvalue weighted by Crippen LogP contribution is 2.30. The van der Waals surface area contributed by atoms with E-state index in [2.05, 4.69) is 10.0 Å². The van der Waals surface area contributed by atoms with Crippen LogP contribution in [0, 0.1) is 0 Å². The molecule has 0 spiro atoms. The minimum absolute atomic E-state index is 0.210. The van der Waals surface area contributed by atoms with Crippen LogP contribution >= 0.6 is 11.3 Å². The molecule has 6 nitrogen and oxygen atoms in total. The topological polar surface area (TPSA) is 78.5 Å². The van der Waals surface area contributed by atoms with Crippen LogP contribution < -0.4 is 10.0 Å². The van der Waals surface area contributed by atoms with E-state index in [1.807, 2.05) is 4.90 Å². The van der Waals surface area contributed by atoms with Crippen LogP contribution in [-0.2, 0) is 21.0 Å². The molecule has 1 fully saturated rings. The average Bonchev–Trinajstić information content (AvgIpc) is 3.23. The lowest BCUT2D eigenvalue weighted by Gasteiger charge is -2.35. The maximum absolute atomic E-state index is 12.6. The predicted octanol–water partition coefficient (Wildman–Crippen LogP) is 3.54. The summed E-state index contributed by atoms with van der Waals surface area (Å²) in [5.41, 5.74) is -0.487.